The molecule has 470 valence electrons. The van der Waals surface area contributed by atoms with Crippen molar-refractivity contribution in [3.8, 4) is 102 Å². The molecule has 0 unspecified atom stereocenters. The van der Waals surface area contributed by atoms with Crippen LogP contribution < -0.4 is 0 Å². The normalized spacial score (nSPS) is 12.4. The lowest BCUT2D eigenvalue weighted by Crippen LogP contribution is -2.06. The number of rotatable bonds is 10. The summed E-state index contributed by atoms with van der Waals surface area (Å²) in [6.45, 7) is 0. The number of aromatic nitrogens is 8. The second-order valence-corrected chi connectivity index (χ2v) is 22.6. The molecular formula is C76H42F12N8. The van der Waals surface area contributed by atoms with Gasteiger partial charge in [-0.15, -0.1) is 0 Å². The van der Waals surface area contributed by atoms with Crippen LogP contribution in [0.25, 0.3) is 146 Å². The lowest BCUT2D eigenvalue weighted by molar-refractivity contribution is -0.138. The van der Waals surface area contributed by atoms with Gasteiger partial charge in [-0.1, -0.05) is 164 Å². The maximum absolute atomic E-state index is 14.7. The zero-order valence-electron chi connectivity index (χ0n) is 49.4. The van der Waals surface area contributed by atoms with Crippen molar-refractivity contribution >= 4 is 43.6 Å². The zero-order valence-corrected chi connectivity index (χ0v) is 49.4. The van der Waals surface area contributed by atoms with E-state index in [1.165, 1.54) is 24.3 Å². The van der Waals surface area contributed by atoms with Crippen LogP contribution in [0.1, 0.15) is 22.3 Å². The van der Waals surface area contributed by atoms with Gasteiger partial charge < -0.3 is 9.13 Å². The van der Waals surface area contributed by atoms with Crippen molar-refractivity contribution in [1.82, 2.24) is 39.0 Å². The van der Waals surface area contributed by atoms with Crippen LogP contribution in [-0.2, 0) is 24.7 Å². The van der Waals surface area contributed by atoms with Crippen molar-refractivity contribution in [2.45, 2.75) is 24.7 Å². The molecule has 0 spiro atoms. The van der Waals surface area contributed by atoms with Gasteiger partial charge in [0.25, 0.3) is 0 Å². The summed E-state index contributed by atoms with van der Waals surface area (Å²) < 4.78 is 180. The first-order chi connectivity index (χ1) is 46.1. The lowest BCUT2D eigenvalue weighted by Gasteiger charge is -2.21. The molecule has 4 heterocycles. The maximum Gasteiger partial charge on any atom is 0.416 e. The third-order valence-corrected chi connectivity index (χ3v) is 16.7. The molecule has 0 saturated heterocycles. The molecule has 0 radical (unpaired) electrons. The quantitative estimate of drug-likeness (QED) is 0.127. The van der Waals surface area contributed by atoms with Gasteiger partial charge in [0.2, 0.25) is 0 Å². The minimum Gasteiger partial charge on any atom is -0.309 e. The second-order valence-electron chi connectivity index (χ2n) is 22.6. The molecule has 0 fully saturated rings. The molecule has 0 aliphatic carbocycles. The Bertz CT molecular complexity index is 4940. The van der Waals surface area contributed by atoms with Gasteiger partial charge in [0.15, 0.2) is 34.9 Å². The number of alkyl halides is 12. The molecule has 0 aliphatic heterocycles. The first-order valence-electron chi connectivity index (χ1n) is 29.7. The predicted octanol–water partition coefficient (Wildman–Crippen LogP) is 21.7. The van der Waals surface area contributed by atoms with E-state index in [-0.39, 0.29) is 89.9 Å². The van der Waals surface area contributed by atoms with E-state index in [9.17, 15) is 52.7 Å². The summed E-state index contributed by atoms with van der Waals surface area (Å²) in [5, 5.41) is -0.591. The summed E-state index contributed by atoms with van der Waals surface area (Å²) >= 11 is 0. The monoisotopic (exact) mass is 1290 g/mol. The van der Waals surface area contributed by atoms with E-state index in [1.54, 1.807) is 69.8 Å². The third-order valence-electron chi connectivity index (χ3n) is 16.7. The number of fused-ring (bicyclic) bond motifs is 6. The molecule has 15 aromatic rings. The van der Waals surface area contributed by atoms with Crippen molar-refractivity contribution in [2.24, 2.45) is 0 Å². The molecular weight excluding hydrogens is 1250 g/mol. The minimum absolute atomic E-state index is 0.0945. The molecule has 0 atom stereocenters. The fourth-order valence-electron chi connectivity index (χ4n) is 12.4. The molecule has 0 N–H and O–H groups in total. The molecule has 15 rings (SSSR count). The topological polar surface area (TPSA) is 87.2 Å². The van der Waals surface area contributed by atoms with E-state index in [1.807, 2.05) is 121 Å². The van der Waals surface area contributed by atoms with E-state index in [2.05, 4.69) is 0 Å². The number of hydrogen-bond donors (Lipinski definition) is 0. The van der Waals surface area contributed by atoms with Gasteiger partial charge in [-0.2, -0.15) is 52.7 Å². The van der Waals surface area contributed by atoms with Gasteiger partial charge in [0.1, 0.15) is 0 Å². The van der Waals surface area contributed by atoms with Gasteiger partial charge in [-0.05, 0) is 102 Å². The zero-order chi connectivity index (χ0) is 66.4. The first kappa shape index (κ1) is 60.4. The van der Waals surface area contributed by atoms with E-state index in [4.69, 9.17) is 29.9 Å². The largest absolute Gasteiger partial charge is 0.416 e. The smallest absolute Gasteiger partial charge is 0.309 e. The highest BCUT2D eigenvalue weighted by molar-refractivity contribution is 6.12. The fourth-order valence-corrected chi connectivity index (χ4v) is 12.4. The van der Waals surface area contributed by atoms with Crippen LogP contribution in [0.5, 0.6) is 0 Å². The second kappa shape index (κ2) is 23.0. The Morgan fingerprint density at radius 3 is 0.719 bits per heavy atom. The van der Waals surface area contributed by atoms with Gasteiger partial charge in [0, 0.05) is 66.1 Å². The highest BCUT2D eigenvalue weighted by atomic mass is 19.4. The molecule has 11 aromatic carbocycles. The molecule has 0 amide bonds. The van der Waals surface area contributed by atoms with Crippen LogP contribution >= 0.6 is 0 Å². The molecule has 4 aromatic heterocycles. The average molecular weight is 1300 g/mol. The van der Waals surface area contributed by atoms with Gasteiger partial charge in [-0.3, -0.25) is 0 Å². The highest BCUT2D eigenvalue weighted by Crippen LogP contribution is 2.48. The molecule has 8 nitrogen and oxygen atoms in total. The first-order valence-corrected chi connectivity index (χ1v) is 29.7. The fraction of sp³-hybridized carbons (Fsp3) is 0.0526. The number of hydrogen-bond acceptors (Lipinski definition) is 6. The van der Waals surface area contributed by atoms with Crippen LogP contribution in [0.3, 0.4) is 0 Å². The van der Waals surface area contributed by atoms with Crippen molar-refractivity contribution in [2.75, 3.05) is 0 Å². The van der Waals surface area contributed by atoms with Gasteiger partial charge >= 0.3 is 24.7 Å². The molecule has 0 bridgehead atoms. The van der Waals surface area contributed by atoms with Crippen LogP contribution in [0.2, 0.25) is 0 Å². The van der Waals surface area contributed by atoms with Gasteiger partial charge in [-0.25, -0.2) is 29.9 Å². The number of halogens is 12. The van der Waals surface area contributed by atoms with Crippen molar-refractivity contribution in [1.29, 1.82) is 0 Å². The van der Waals surface area contributed by atoms with E-state index in [0.717, 1.165) is 48.5 Å². The molecule has 0 aliphatic rings. The van der Waals surface area contributed by atoms with E-state index in [0.29, 0.717) is 55.6 Å². The van der Waals surface area contributed by atoms with Crippen LogP contribution in [0.15, 0.2) is 255 Å². The SMILES string of the molecule is FC(F)(F)c1ccc2c(c1)c1cc(C(F)(F)F)ccc1n2-c1cccc(-c2nc(-c3ccccc3)nc(-c3ccccc3)n2)c1-c1cccc(-c2c(-c3nc(-c4ccccc4)nc(-c4ccccc4)n3)cccc2-n2c3ccc(C(F)(F)F)cc3c3cc(C(F)(F)F)ccc32)c1. The van der Waals surface area contributed by atoms with E-state index >= 15 is 0 Å². The van der Waals surface area contributed by atoms with Crippen molar-refractivity contribution < 1.29 is 52.7 Å². The Hall–Kier alpha value is -11.8. The van der Waals surface area contributed by atoms with Crippen LogP contribution in [-0.4, -0.2) is 39.0 Å². The predicted molar refractivity (Wildman–Crippen MR) is 345 cm³/mol. The maximum atomic E-state index is 14.7. The Morgan fingerprint density at radius 1 is 0.219 bits per heavy atom. The molecule has 96 heavy (non-hydrogen) atoms. The van der Waals surface area contributed by atoms with Crippen molar-refractivity contribution in [3.05, 3.63) is 277 Å². The number of benzene rings is 11. The Kier molecular flexibility index (Phi) is 14.5. The summed E-state index contributed by atoms with van der Waals surface area (Å²) in [7, 11) is 0. The van der Waals surface area contributed by atoms with Crippen molar-refractivity contribution in [3.63, 3.8) is 0 Å². The summed E-state index contributed by atoms with van der Waals surface area (Å²) in [4.78, 5) is 30.3. The minimum atomic E-state index is -4.90. The summed E-state index contributed by atoms with van der Waals surface area (Å²) in [5.41, 5.74) is 0.760. The van der Waals surface area contributed by atoms with Crippen LogP contribution in [0, 0.1) is 0 Å². The summed E-state index contributed by atoms with van der Waals surface area (Å²) in [6, 6.07) is 64.8. The standard InChI is InChI=1S/C76H42F12N8/c77-73(78,79)49-30-34-59-55(39-49)56-40-50(74(80,81)82)31-35-60(56)95(59)63-28-14-26-53(71-91-67(43-16-5-1-6-17-43)89-68(92-71)44-18-7-2-8-19-44)65(63)47-24-13-25-48(38-47)66-54(72-93-69(45-20-9-3-10-21-45)90-70(94-72)46-22-11-4-12-23-46)27-15-29-64(66)96-61-36-32-51(75(83,84)85)41-57(61)58-42-52(76(86,87)88)33-37-62(58)96/h1-42H. The summed E-state index contributed by atoms with van der Waals surface area (Å²) in [5.74, 6) is 1.18. The highest BCUT2D eigenvalue weighted by Gasteiger charge is 2.36. The Morgan fingerprint density at radius 2 is 0.458 bits per heavy atom. The Labute approximate surface area is 536 Å². The van der Waals surface area contributed by atoms with Crippen LogP contribution in [0.4, 0.5) is 52.7 Å². The Balaban J connectivity index is 1.07. The van der Waals surface area contributed by atoms with Gasteiger partial charge in [0.05, 0.1) is 55.7 Å². The average Bonchev–Trinajstić information content (AvgIpc) is 1.54. The lowest BCUT2D eigenvalue weighted by atomic mass is 9.91. The molecule has 0 saturated carbocycles. The summed E-state index contributed by atoms with van der Waals surface area (Å²) in [6.07, 6.45) is -19.6. The molecule has 20 heteroatoms. The third kappa shape index (κ3) is 11.0. The number of nitrogens with zero attached hydrogens (tertiary/aromatic N) is 8. The van der Waals surface area contributed by atoms with E-state index < -0.39 is 47.0 Å².